The first-order valence-electron chi connectivity index (χ1n) is 5.96. The molecule has 0 saturated heterocycles. The minimum Gasteiger partial charge on any atom is -0.497 e. The van der Waals surface area contributed by atoms with Crippen molar-refractivity contribution in [2.75, 3.05) is 7.11 Å². The highest BCUT2D eigenvalue weighted by molar-refractivity contribution is 6.35. The first-order chi connectivity index (χ1) is 9.19. The zero-order valence-corrected chi connectivity index (χ0v) is 12.1. The van der Waals surface area contributed by atoms with Crippen molar-refractivity contribution in [2.45, 2.75) is 13.1 Å². The molecule has 0 spiro atoms. The van der Waals surface area contributed by atoms with Crippen LogP contribution < -0.4 is 10.1 Å². The molecule has 2 aromatic rings. The molecule has 2 aromatic carbocycles. The Morgan fingerprint density at radius 1 is 1.05 bits per heavy atom. The lowest BCUT2D eigenvalue weighted by atomic mass is 10.2. The summed E-state index contributed by atoms with van der Waals surface area (Å²) in [5.74, 6) is 0.865. The van der Waals surface area contributed by atoms with Gasteiger partial charge in [0, 0.05) is 23.1 Å². The van der Waals surface area contributed by atoms with Gasteiger partial charge < -0.3 is 10.1 Å². The molecule has 19 heavy (non-hydrogen) atoms. The minimum atomic E-state index is 0.654. The van der Waals surface area contributed by atoms with Gasteiger partial charge in [0.05, 0.1) is 7.11 Å². The number of hydrogen-bond donors (Lipinski definition) is 1. The molecule has 0 unspecified atom stereocenters. The topological polar surface area (TPSA) is 21.3 Å². The quantitative estimate of drug-likeness (QED) is 0.888. The van der Waals surface area contributed by atoms with Crippen molar-refractivity contribution in [1.29, 1.82) is 0 Å². The largest absolute Gasteiger partial charge is 0.497 e. The van der Waals surface area contributed by atoms with Crippen LogP contribution in [0.5, 0.6) is 5.75 Å². The molecule has 100 valence electrons. The van der Waals surface area contributed by atoms with E-state index in [1.807, 2.05) is 30.3 Å². The van der Waals surface area contributed by atoms with E-state index >= 15 is 0 Å². The molecule has 0 amide bonds. The second-order valence-electron chi connectivity index (χ2n) is 4.19. The Balaban J connectivity index is 1.92. The molecule has 2 nitrogen and oxygen atoms in total. The predicted molar refractivity (Wildman–Crippen MR) is 80.0 cm³/mol. The zero-order chi connectivity index (χ0) is 13.7. The fraction of sp³-hybridized carbons (Fsp3) is 0.200. The number of benzene rings is 2. The van der Waals surface area contributed by atoms with Crippen LogP contribution in [-0.2, 0) is 13.1 Å². The van der Waals surface area contributed by atoms with E-state index < -0.39 is 0 Å². The highest BCUT2D eigenvalue weighted by Gasteiger charge is 2.01. The fourth-order valence-electron chi connectivity index (χ4n) is 1.79. The molecule has 0 bridgehead atoms. The van der Waals surface area contributed by atoms with Gasteiger partial charge in [-0.25, -0.2) is 0 Å². The van der Waals surface area contributed by atoms with Gasteiger partial charge in [0.1, 0.15) is 5.75 Å². The summed E-state index contributed by atoms with van der Waals surface area (Å²) < 4.78 is 5.19. The average Bonchev–Trinajstić information content (AvgIpc) is 2.41. The van der Waals surface area contributed by atoms with Crippen LogP contribution in [0.25, 0.3) is 0 Å². The number of nitrogens with one attached hydrogen (secondary N) is 1. The summed E-state index contributed by atoms with van der Waals surface area (Å²) in [6.07, 6.45) is 0. The third-order valence-corrected chi connectivity index (χ3v) is 3.38. The van der Waals surface area contributed by atoms with Crippen molar-refractivity contribution in [1.82, 2.24) is 5.32 Å². The maximum absolute atomic E-state index is 6.11. The first kappa shape index (κ1) is 14.2. The molecule has 0 atom stereocenters. The molecule has 2 rings (SSSR count). The highest BCUT2D eigenvalue weighted by Crippen LogP contribution is 2.21. The monoisotopic (exact) mass is 295 g/mol. The lowest BCUT2D eigenvalue weighted by molar-refractivity contribution is 0.414. The molecule has 4 heteroatoms. The smallest absolute Gasteiger partial charge is 0.119 e. The van der Waals surface area contributed by atoms with Gasteiger partial charge >= 0.3 is 0 Å². The summed E-state index contributed by atoms with van der Waals surface area (Å²) in [4.78, 5) is 0. The Bertz CT molecular complexity index is 558. The van der Waals surface area contributed by atoms with E-state index in [1.54, 1.807) is 13.2 Å². The molecule has 0 radical (unpaired) electrons. The Kier molecular flexibility index (Phi) is 5.08. The van der Waals surface area contributed by atoms with E-state index in [2.05, 4.69) is 11.4 Å². The van der Waals surface area contributed by atoms with Crippen LogP contribution in [0, 0.1) is 0 Å². The van der Waals surface area contributed by atoms with Crippen molar-refractivity contribution in [2.24, 2.45) is 0 Å². The van der Waals surface area contributed by atoms with Gasteiger partial charge in [0.15, 0.2) is 0 Å². The molecular weight excluding hydrogens is 281 g/mol. The minimum absolute atomic E-state index is 0.654. The van der Waals surface area contributed by atoms with E-state index in [0.717, 1.165) is 17.9 Å². The van der Waals surface area contributed by atoms with Crippen LogP contribution in [0.4, 0.5) is 0 Å². The normalized spacial score (nSPS) is 10.5. The Hall–Kier alpha value is -1.22. The summed E-state index contributed by atoms with van der Waals surface area (Å²) >= 11 is 12.0. The van der Waals surface area contributed by atoms with E-state index in [0.29, 0.717) is 16.6 Å². The van der Waals surface area contributed by atoms with Crippen LogP contribution in [0.15, 0.2) is 42.5 Å². The lowest BCUT2D eigenvalue weighted by Gasteiger charge is -2.08. The summed E-state index contributed by atoms with van der Waals surface area (Å²) in [5.41, 5.74) is 2.21. The standard InChI is InChI=1S/C15H15Cl2NO/c1-19-14-4-2-3-11(7-14)9-18-10-12-5-6-13(16)8-15(12)17/h2-8,18H,9-10H2,1H3. The molecule has 0 heterocycles. The number of methoxy groups -OCH3 is 1. The van der Waals surface area contributed by atoms with Gasteiger partial charge in [0.25, 0.3) is 0 Å². The molecule has 0 fully saturated rings. The SMILES string of the molecule is COc1cccc(CNCc2ccc(Cl)cc2Cl)c1. The number of rotatable bonds is 5. The third-order valence-electron chi connectivity index (χ3n) is 2.79. The van der Waals surface area contributed by atoms with Crippen LogP contribution in [0.2, 0.25) is 10.0 Å². The second-order valence-corrected chi connectivity index (χ2v) is 5.03. The van der Waals surface area contributed by atoms with Crippen LogP contribution in [-0.4, -0.2) is 7.11 Å². The molecule has 0 aliphatic heterocycles. The lowest BCUT2D eigenvalue weighted by Crippen LogP contribution is -2.12. The molecule has 0 aliphatic rings. The van der Waals surface area contributed by atoms with Gasteiger partial charge in [-0.05, 0) is 35.4 Å². The maximum Gasteiger partial charge on any atom is 0.119 e. The Morgan fingerprint density at radius 2 is 1.89 bits per heavy atom. The number of hydrogen-bond acceptors (Lipinski definition) is 2. The fourth-order valence-corrected chi connectivity index (χ4v) is 2.26. The van der Waals surface area contributed by atoms with Gasteiger partial charge in [-0.3, -0.25) is 0 Å². The van der Waals surface area contributed by atoms with Crippen molar-refractivity contribution in [3.8, 4) is 5.75 Å². The third kappa shape index (κ3) is 4.13. The van der Waals surface area contributed by atoms with Crippen LogP contribution >= 0.6 is 23.2 Å². The van der Waals surface area contributed by atoms with Gasteiger partial charge in [0.2, 0.25) is 0 Å². The summed E-state index contributed by atoms with van der Waals surface area (Å²) in [6, 6.07) is 13.5. The molecule has 0 aliphatic carbocycles. The van der Waals surface area contributed by atoms with Crippen LogP contribution in [0.3, 0.4) is 0 Å². The molecular formula is C15H15Cl2NO. The molecule has 0 saturated carbocycles. The van der Waals surface area contributed by atoms with Crippen molar-refractivity contribution < 1.29 is 4.74 Å². The second kappa shape index (κ2) is 6.80. The van der Waals surface area contributed by atoms with E-state index in [9.17, 15) is 0 Å². The van der Waals surface area contributed by atoms with Crippen molar-refractivity contribution >= 4 is 23.2 Å². The van der Waals surface area contributed by atoms with Crippen LogP contribution in [0.1, 0.15) is 11.1 Å². The Morgan fingerprint density at radius 3 is 2.63 bits per heavy atom. The summed E-state index contributed by atoms with van der Waals surface area (Å²) in [5, 5.41) is 4.69. The van der Waals surface area contributed by atoms with E-state index in [-0.39, 0.29) is 0 Å². The van der Waals surface area contributed by atoms with Gasteiger partial charge in [-0.2, -0.15) is 0 Å². The van der Waals surface area contributed by atoms with Crippen molar-refractivity contribution in [3.05, 3.63) is 63.6 Å². The van der Waals surface area contributed by atoms with Gasteiger partial charge in [-0.15, -0.1) is 0 Å². The number of ether oxygens (including phenoxy) is 1. The maximum atomic E-state index is 6.11. The Labute approximate surface area is 123 Å². The highest BCUT2D eigenvalue weighted by atomic mass is 35.5. The molecule has 0 aromatic heterocycles. The first-order valence-corrected chi connectivity index (χ1v) is 6.72. The van der Waals surface area contributed by atoms with Crippen molar-refractivity contribution in [3.63, 3.8) is 0 Å². The van der Waals surface area contributed by atoms with E-state index in [1.165, 1.54) is 5.56 Å². The summed E-state index contributed by atoms with van der Waals surface area (Å²) in [6.45, 7) is 1.46. The summed E-state index contributed by atoms with van der Waals surface area (Å²) in [7, 11) is 1.67. The average molecular weight is 296 g/mol. The molecule has 1 N–H and O–H groups in total. The number of halogens is 2. The predicted octanol–water partition coefficient (Wildman–Crippen LogP) is 4.29. The van der Waals surface area contributed by atoms with E-state index in [4.69, 9.17) is 27.9 Å². The zero-order valence-electron chi connectivity index (χ0n) is 10.6. The van der Waals surface area contributed by atoms with Gasteiger partial charge in [-0.1, -0.05) is 41.4 Å².